The van der Waals surface area contributed by atoms with Crippen LogP contribution < -0.4 is 5.32 Å². The van der Waals surface area contributed by atoms with E-state index in [4.69, 9.17) is 0 Å². The second-order valence-corrected chi connectivity index (χ2v) is 5.98. The van der Waals surface area contributed by atoms with Crippen LogP contribution in [0.3, 0.4) is 0 Å². The number of benzene rings is 2. The molecule has 0 heterocycles. The Morgan fingerprint density at radius 3 is 2.38 bits per heavy atom. The Morgan fingerprint density at radius 1 is 1.15 bits per heavy atom. The van der Waals surface area contributed by atoms with Crippen molar-refractivity contribution < 1.29 is 27.3 Å². The van der Waals surface area contributed by atoms with Crippen LogP contribution in [-0.4, -0.2) is 10.8 Å². The van der Waals surface area contributed by atoms with Gasteiger partial charge in [-0.25, -0.2) is 0 Å². The van der Waals surface area contributed by atoms with Gasteiger partial charge in [-0.1, -0.05) is 12.1 Å². The number of amides is 1. The molecule has 1 N–H and O–H groups in total. The van der Waals surface area contributed by atoms with Crippen LogP contribution in [0.5, 0.6) is 0 Å². The highest BCUT2D eigenvalue weighted by Crippen LogP contribution is 2.48. The summed E-state index contributed by atoms with van der Waals surface area (Å²) in [5.74, 6) is -2.10. The highest BCUT2D eigenvalue weighted by atomic mass is 19.4. The molecule has 9 heteroatoms. The predicted octanol–water partition coefficient (Wildman–Crippen LogP) is 4.49. The fraction of sp³-hybridized carbons (Fsp3) is 0.235. The Balaban J connectivity index is 1.66. The van der Waals surface area contributed by atoms with Crippen LogP contribution >= 0.6 is 0 Å². The SMILES string of the molecule is O=C(Nc1ccc(F)c([N+](=O)[O-])c1)C1CC1c1ccc(C(F)(F)F)cc1. The van der Waals surface area contributed by atoms with Gasteiger partial charge < -0.3 is 5.32 Å². The fourth-order valence-corrected chi connectivity index (χ4v) is 2.74. The zero-order valence-electron chi connectivity index (χ0n) is 13.1. The van der Waals surface area contributed by atoms with Crippen LogP contribution in [-0.2, 0) is 11.0 Å². The molecule has 0 radical (unpaired) electrons. The quantitative estimate of drug-likeness (QED) is 0.491. The largest absolute Gasteiger partial charge is 0.416 e. The summed E-state index contributed by atoms with van der Waals surface area (Å²) in [5, 5.41) is 13.2. The van der Waals surface area contributed by atoms with Gasteiger partial charge in [-0.15, -0.1) is 0 Å². The van der Waals surface area contributed by atoms with Crippen molar-refractivity contribution in [1.82, 2.24) is 0 Å². The summed E-state index contributed by atoms with van der Waals surface area (Å²) >= 11 is 0. The lowest BCUT2D eigenvalue weighted by atomic mass is 10.1. The molecule has 0 saturated heterocycles. The van der Waals surface area contributed by atoms with Gasteiger partial charge in [0.1, 0.15) is 0 Å². The zero-order chi connectivity index (χ0) is 19.1. The number of carbonyl (C=O) groups excluding carboxylic acids is 1. The van der Waals surface area contributed by atoms with Crippen LogP contribution in [0.2, 0.25) is 0 Å². The molecule has 136 valence electrons. The first kappa shape index (κ1) is 17.8. The van der Waals surface area contributed by atoms with E-state index >= 15 is 0 Å². The molecule has 1 aliphatic rings. The molecule has 0 aromatic heterocycles. The number of nitrogens with one attached hydrogen (secondary N) is 1. The molecule has 0 bridgehead atoms. The third kappa shape index (κ3) is 3.66. The first-order valence-electron chi connectivity index (χ1n) is 7.59. The molecule has 1 saturated carbocycles. The van der Waals surface area contributed by atoms with Gasteiger partial charge in [0, 0.05) is 17.7 Å². The molecule has 26 heavy (non-hydrogen) atoms. The van der Waals surface area contributed by atoms with Gasteiger partial charge in [-0.05, 0) is 42.2 Å². The molecule has 0 spiro atoms. The van der Waals surface area contributed by atoms with E-state index in [2.05, 4.69) is 5.32 Å². The monoisotopic (exact) mass is 368 g/mol. The van der Waals surface area contributed by atoms with Crippen molar-refractivity contribution in [2.24, 2.45) is 5.92 Å². The van der Waals surface area contributed by atoms with E-state index in [9.17, 15) is 32.5 Å². The van der Waals surface area contributed by atoms with Crippen molar-refractivity contribution >= 4 is 17.3 Å². The summed E-state index contributed by atoms with van der Waals surface area (Å²) in [7, 11) is 0. The molecule has 2 aromatic rings. The van der Waals surface area contributed by atoms with Crippen LogP contribution in [0.4, 0.5) is 28.9 Å². The van der Waals surface area contributed by atoms with Crippen molar-refractivity contribution in [2.75, 3.05) is 5.32 Å². The lowest BCUT2D eigenvalue weighted by molar-refractivity contribution is -0.387. The minimum absolute atomic E-state index is 0.0844. The van der Waals surface area contributed by atoms with Gasteiger partial charge in [0.25, 0.3) is 0 Å². The molecule has 1 amide bonds. The van der Waals surface area contributed by atoms with Gasteiger partial charge in [0.2, 0.25) is 11.7 Å². The van der Waals surface area contributed by atoms with Crippen LogP contribution in [0, 0.1) is 21.8 Å². The van der Waals surface area contributed by atoms with Crippen molar-refractivity contribution in [2.45, 2.75) is 18.5 Å². The normalized spacial score (nSPS) is 19.1. The molecule has 2 unspecified atom stereocenters. The topological polar surface area (TPSA) is 72.2 Å². The van der Waals surface area contributed by atoms with Crippen LogP contribution in [0.15, 0.2) is 42.5 Å². The number of anilines is 1. The third-order valence-electron chi connectivity index (χ3n) is 4.20. The number of halogens is 4. The number of nitrogens with zero attached hydrogens (tertiary/aromatic N) is 1. The van der Waals surface area contributed by atoms with E-state index in [0.717, 1.165) is 24.3 Å². The van der Waals surface area contributed by atoms with E-state index in [-0.39, 0.29) is 11.6 Å². The molecule has 1 fully saturated rings. The van der Waals surface area contributed by atoms with E-state index in [1.807, 2.05) is 0 Å². The second-order valence-electron chi connectivity index (χ2n) is 5.98. The third-order valence-corrected chi connectivity index (χ3v) is 4.20. The molecule has 2 aromatic carbocycles. The molecule has 3 rings (SSSR count). The molecule has 5 nitrogen and oxygen atoms in total. The highest BCUT2D eigenvalue weighted by Gasteiger charge is 2.44. The van der Waals surface area contributed by atoms with E-state index in [1.54, 1.807) is 0 Å². The zero-order valence-corrected chi connectivity index (χ0v) is 13.1. The summed E-state index contributed by atoms with van der Waals surface area (Å²) < 4.78 is 51.0. The Labute approximate surface area is 144 Å². The Morgan fingerprint density at radius 2 is 1.81 bits per heavy atom. The predicted molar refractivity (Wildman–Crippen MR) is 84.0 cm³/mol. The molecular weight excluding hydrogens is 356 g/mol. The first-order chi connectivity index (χ1) is 12.2. The van der Waals surface area contributed by atoms with Crippen LogP contribution in [0.1, 0.15) is 23.5 Å². The van der Waals surface area contributed by atoms with Gasteiger partial charge >= 0.3 is 11.9 Å². The first-order valence-corrected chi connectivity index (χ1v) is 7.59. The number of carbonyl (C=O) groups is 1. The highest BCUT2D eigenvalue weighted by molar-refractivity contribution is 5.95. The van der Waals surface area contributed by atoms with Gasteiger partial charge in [-0.3, -0.25) is 14.9 Å². The Kier molecular flexibility index (Phi) is 4.39. The minimum atomic E-state index is -4.42. The van der Waals surface area contributed by atoms with Crippen molar-refractivity contribution in [1.29, 1.82) is 0 Å². The number of nitro groups is 1. The number of hydrogen-bond acceptors (Lipinski definition) is 3. The number of rotatable bonds is 4. The summed E-state index contributed by atoms with van der Waals surface area (Å²) in [6.45, 7) is 0. The van der Waals surface area contributed by atoms with Crippen molar-refractivity contribution in [3.8, 4) is 0 Å². The molecule has 0 aliphatic heterocycles. The lowest BCUT2D eigenvalue weighted by Gasteiger charge is -2.08. The second kappa shape index (κ2) is 6.40. The van der Waals surface area contributed by atoms with Gasteiger partial charge in [0.15, 0.2) is 0 Å². The van der Waals surface area contributed by atoms with Gasteiger partial charge in [-0.2, -0.15) is 17.6 Å². The van der Waals surface area contributed by atoms with Crippen molar-refractivity contribution in [3.05, 3.63) is 69.5 Å². The molecule has 2 atom stereocenters. The lowest BCUT2D eigenvalue weighted by Crippen LogP contribution is -2.15. The smallest absolute Gasteiger partial charge is 0.326 e. The molecular formula is C17H12F4N2O3. The Hall–Kier alpha value is -2.97. The van der Waals surface area contributed by atoms with E-state index in [0.29, 0.717) is 12.0 Å². The van der Waals surface area contributed by atoms with Gasteiger partial charge in [0.05, 0.1) is 10.5 Å². The summed E-state index contributed by atoms with van der Waals surface area (Å²) in [4.78, 5) is 22.0. The average Bonchev–Trinajstić information content (AvgIpc) is 3.36. The number of nitro benzene ring substituents is 1. The van der Waals surface area contributed by atoms with Crippen molar-refractivity contribution in [3.63, 3.8) is 0 Å². The maximum absolute atomic E-state index is 13.3. The number of alkyl halides is 3. The minimum Gasteiger partial charge on any atom is -0.326 e. The molecule has 1 aliphatic carbocycles. The summed E-state index contributed by atoms with van der Waals surface area (Å²) in [6, 6.07) is 7.61. The standard InChI is InChI=1S/C17H12F4N2O3/c18-14-6-5-11(7-15(14)23(25)26)22-16(24)13-8-12(13)9-1-3-10(4-2-9)17(19,20)21/h1-7,12-13H,8H2,(H,22,24). The number of hydrogen-bond donors (Lipinski definition) is 1. The summed E-state index contributed by atoms with van der Waals surface area (Å²) in [6.07, 6.45) is -3.96. The maximum Gasteiger partial charge on any atom is 0.416 e. The fourth-order valence-electron chi connectivity index (χ4n) is 2.74. The average molecular weight is 368 g/mol. The van der Waals surface area contributed by atoms with Crippen LogP contribution in [0.25, 0.3) is 0 Å². The Bertz CT molecular complexity index is 865. The maximum atomic E-state index is 13.3. The van der Waals surface area contributed by atoms with E-state index < -0.39 is 40.0 Å². The van der Waals surface area contributed by atoms with E-state index in [1.165, 1.54) is 18.2 Å². The summed E-state index contributed by atoms with van der Waals surface area (Å²) in [5.41, 5.74) is -0.816.